The van der Waals surface area contributed by atoms with E-state index >= 15 is 0 Å². The number of nitrogens with one attached hydrogen (secondary N) is 1. The van der Waals surface area contributed by atoms with E-state index in [0.717, 1.165) is 22.0 Å². The Morgan fingerprint density at radius 1 is 1.05 bits per heavy atom. The molecule has 0 bridgehead atoms. The van der Waals surface area contributed by atoms with Gasteiger partial charge in [0.1, 0.15) is 0 Å². The summed E-state index contributed by atoms with van der Waals surface area (Å²) in [6, 6.07) is 14.8. The molecule has 0 spiro atoms. The summed E-state index contributed by atoms with van der Waals surface area (Å²) in [7, 11) is 4.07. The molecular weight excluding hydrogens is 380 g/mol. The lowest BCUT2D eigenvalue weighted by Gasteiger charge is -2.22. The minimum atomic E-state index is 0.866. The zero-order chi connectivity index (χ0) is 14.5. The average molecular weight is 398 g/mol. The summed E-state index contributed by atoms with van der Waals surface area (Å²) in [6.45, 7) is 1.75. The van der Waals surface area contributed by atoms with E-state index in [-0.39, 0.29) is 0 Å². The molecule has 106 valence electrons. The van der Waals surface area contributed by atoms with Crippen LogP contribution in [0.5, 0.6) is 0 Å². The van der Waals surface area contributed by atoms with Crippen LogP contribution in [0.15, 0.2) is 51.4 Å². The van der Waals surface area contributed by atoms with Gasteiger partial charge in [0, 0.05) is 29.1 Å². The van der Waals surface area contributed by atoms with Crippen molar-refractivity contribution >= 4 is 37.5 Å². The van der Waals surface area contributed by atoms with Crippen LogP contribution in [-0.4, -0.2) is 14.1 Å². The standard InChI is InChI=1S/C16H18Br2N2/c1-19-10-12-7-8-16(15(18)9-12)20(2)11-13-5-3-4-6-14(13)17/h3-9,19H,10-11H2,1-2H3. The van der Waals surface area contributed by atoms with Gasteiger partial charge >= 0.3 is 0 Å². The minimum absolute atomic E-state index is 0.866. The minimum Gasteiger partial charge on any atom is -0.369 e. The molecule has 0 aromatic heterocycles. The average Bonchev–Trinajstić information content (AvgIpc) is 2.42. The molecule has 2 nitrogen and oxygen atoms in total. The van der Waals surface area contributed by atoms with E-state index in [4.69, 9.17) is 0 Å². The van der Waals surface area contributed by atoms with Gasteiger partial charge in [-0.05, 0) is 52.3 Å². The van der Waals surface area contributed by atoms with E-state index in [2.05, 4.69) is 85.5 Å². The molecule has 4 heteroatoms. The molecule has 2 aromatic carbocycles. The summed E-state index contributed by atoms with van der Waals surface area (Å²) in [5.41, 5.74) is 3.75. The molecule has 20 heavy (non-hydrogen) atoms. The number of hydrogen-bond acceptors (Lipinski definition) is 2. The summed E-state index contributed by atoms with van der Waals surface area (Å²) in [4.78, 5) is 2.24. The smallest absolute Gasteiger partial charge is 0.0511 e. The Hall–Kier alpha value is -0.840. The zero-order valence-corrected chi connectivity index (χ0v) is 14.8. The Morgan fingerprint density at radius 3 is 2.45 bits per heavy atom. The topological polar surface area (TPSA) is 15.3 Å². The van der Waals surface area contributed by atoms with E-state index in [9.17, 15) is 0 Å². The highest BCUT2D eigenvalue weighted by molar-refractivity contribution is 9.11. The SMILES string of the molecule is CNCc1ccc(N(C)Cc2ccccc2Br)c(Br)c1. The van der Waals surface area contributed by atoms with Crippen molar-refractivity contribution < 1.29 is 0 Å². The first kappa shape index (κ1) is 15.5. The number of benzene rings is 2. The number of halogens is 2. The molecule has 2 rings (SSSR count). The molecule has 0 amide bonds. The maximum absolute atomic E-state index is 3.67. The van der Waals surface area contributed by atoms with Crippen LogP contribution in [-0.2, 0) is 13.1 Å². The van der Waals surface area contributed by atoms with Crippen molar-refractivity contribution in [1.29, 1.82) is 0 Å². The monoisotopic (exact) mass is 396 g/mol. The molecule has 0 saturated carbocycles. The zero-order valence-electron chi connectivity index (χ0n) is 11.7. The predicted molar refractivity (Wildman–Crippen MR) is 93.2 cm³/mol. The van der Waals surface area contributed by atoms with Gasteiger partial charge in [-0.2, -0.15) is 0 Å². The first-order valence-electron chi connectivity index (χ1n) is 6.49. The van der Waals surface area contributed by atoms with Crippen molar-refractivity contribution in [2.24, 2.45) is 0 Å². The summed E-state index contributed by atoms with van der Waals surface area (Å²) in [5.74, 6) is 0. The van der Waals surface area contributed by atoms with Crippen LogP contribution in [0.3, 0.4) is 0 Å². The van der Waals surface area contributed by atoms with Crippen molar-refractivity contribution in [3.63, 3.8) is 0 Å². The lowest BCUT2D eigenvalue weighted by Crippen LogP contribution is -2.17. The summed E-state index contributed by atoms with van der Waals surface area (Å²) in [5, 5.41) is 3.17. The van der Waals surface area contributed by atoms with Gasteiger partial charge in [0.15, 0.2) is 0 Å². The van der Waals surface area contributed by atoms with E-state index in [0.29, 0.717) is 0 Å². The van der Waals surface area contributed by atoms with Crippen molar-refractivity contribution in [2.75, 3.05) is 19.0 Å². The van der Waals surface area contributed by atoms with Crippen LogP contribution in [0.25, 0.3) is 0 Å². The van der Waals surface area contributed by atoms with Gasteiger partial charge in [0.25, 0.3) is 0 Å². The van der Waals surface area contributed by atoms with E-state index in [1.165, 1.54) is 16.8 Å². The highest BCUT2D eigenvalue weighted by Crippen LogP contribution is 2.28. The Bertz CT molecular complexity index is 584. The molecule has 0 aliphatic rings. The maximum Gasteiger partial charge on any atom is 0.0511 e. The van der Waals surface area contributed by atoms with Crippen molar-refractivity contribution in [3.05, 3.63) is 62.5 Å². The second-order valence-corrected chi connectivity index (χ2v) is 6.47. The second-order valence-electron chi connectivity index (χ2n) is 4.76. The van der Waals surface area contributed by atoms with Crippen LogP contribution in [0.1, 0.15) is 11.1 Å². The molecule has 0 radical (unpaired) electrons. The van der Waals surface area contributed by atoms with Crippen molar-refractivity contribution in [2.45, 2.75) is 13.1 Å². The molecule has 0 unspecified atom stereocenters. The second kappa shape index (κ2) is 7.25. The van der Waals surface area contributed by atoms with Gasteiger partial charge < -0.3 is 10.2 Å². The Kier molecular flexibility index (Phi) is 5.64. The maximum atomic E-state index is 3.67. The Labute approximate surface area is 137 Å². The Morgan fingerprint density at radius 2 is 1.80 bits per heavy atom. The fourth-order valence-corrected chi connectivity index (χ4v) is 3.28. The van der Waals surface area contributed by atoms with E-state index in [1.807, 2.05) is 13.1 Å². The number of rotatable bonds is 5. The molecule has 0 heterocycles. The molecule has 2 aromatic rings. The van der Waals surface area contributed by atoms with Crippen molar-refractivity contribution in [3.8, 4) is 0 Å². The van der Waals surface area contributed by atoms with Gasteiger partial charge in [-0.3, -0.25) is 0 Å². The fraction of sp³-hybridized carbons (Fsp3) is 0.250. The van der Waals surface area contributed by atoms with Crippen LogP contribution < -0.4 is 10.2 Å². The number of nitrogens with zero attached hydrogens (tertiary/aromatic N) is 1. The van der Waals surface area contributed by atoms with Crippen LogP contribution in [0.2, 0.25) is 0 Å². The molecule has 0 saturated heterocycles. The Balaban J connectivity index is 2.17. The fourth-order valence-electron chi connectivity index (χ4n) is 2.14. The third kappa shape index (κ3) is 3.84. The molecular formula is C16H18Br2N2. The lowest BCUT2D eigenvalue weighted by molar-refractivity contribution is 0.816. The summed E-state index contributed by atoms with van der Waals surface area (Å²) >= 11 is 7.27. The first-order chi connectivity index (χ1) is 9.61. The quantitative estimate of drug-likeness (QED) is 0.794. The first-order valence-corrected chi connectivity index (χ1v) is 8.08. The van der Waals surface area contributed by atoms with Gasteiger partial charge in [0.05, 0.1) is 5.69 Å². The van der Waals surface area contributed by atoms with Gasteiger partial charge in [0.2, 0.25) is 0 Å². The third-order valence-electron chi connectivity index (χ3n) is 3.17. The number of hydrogen-bond donors (Lipinski definition) is 1. The molecule has 0 aliphatic heterocycles. The predicted octanol–water partition coefficient (Wildman–Crippen LogP) is 4.57. The molecule has 0 atom stereocenters. The largest absolute Gasteiger partial charge is 0.369 e. The molecule has 1 N–H and O–H groups in total. The van der Waals surface area contributed by atoms with Crippen LogP contribution >= 0.6 is 31.9 Å². The highest BCUT2D eigenvalue weighted by atomic mass is 79.9. The summed E-state index contributed by atoms with van der Waals surface area (Å²) in [6.07, 6.45) is 0. The van der Waals surface area contributed by atoms with E-state index in [1.54, 1.807) is 0 Å². The normalized spacial score (nSPS) is 10.6. The van der Waals surface area contributed by atoms with E-state index < -0.39 is 0 Å². The van der Waals surface area contributed by atoms with Crippen LogP contribution in [0.4, 0.5) is 5.69 Å². The lowest BCUT2D eigenvalue weighted by atomic mass is 10.1. The highest BCUT2D eigenvalue weighted by Gasteiger charge is 2.08. The van der Waals surface area contributed by atoms with Crippen LogP contribution in [0, 0.1) is 0 Å². The van der Waals surface area contributed by atoms with Gasteiger partial charge in [-0.25, -0.2) is 0 Å². The van der Waals surface area contributed by atoms with Crippen molar-refractivity contribution in [1.82, 2.24) is 5.32 Å². The summed E-state index contributed by atoms with van der Waals surface area (Å²) < 4.78 is 2.27. The molecule has 0 fully saturated rings. The number of anilines is 1. The van der Waals surface area contributed by atoms with Gasteiger partial charge in [-0.1, -0.05) is 40.2 Å². The third-order valence-corrected chi connectivity index (χ3v) is 4.58. The van der Waals surface area contributed by atoms with Gasteiger partial charge in [-0.15, -0.1) is 0 Å². The molecule has 0 aliphatic carbocycles.